The van der Waals surface area contributed by atoms with Gasteiger partial charge in [0.1, 0.15) is 46.4 Å². The highest BCUT2D eigenvalue weighted by Crippen LogP contribution is 2.50. The van der Waals surface area contributed by atoms with Gasteiger partial charge in [0, 0.05) is 0 Å². The normalized spacial score (nSPS) is 19.2. The molecule has 2 atom stereocenters. The molecular weight excluding hydrogens is 500 g/mol. The molecule has 0 radical (unpaired) electrons. The fourth-order valence-electron chi connectivity index (χ4n) is 5.22. The van der Waals surface area contributed by atoms with Crippen LogP contribution >= 0.6 is 0 Å². The van der Waals surface area contributed by atoms with Gasteiger partial charge in [-0.25, -0.2) is 0 Å². The van der Waals surface area contributed by atoms with Crippen LogP contribution in [0.15, 0.2) is 97.1 Å². The largest absolute Gasteiger partial charge is 0.508 e. The maximum atomic E-state index is 12.6. The minimum Gasteiger partial charge on any atom is -0.508 e. The first-order chi connectivity index (χ1) is 18.4. The summed E-state index contributed by atoms with van der Waals surface area (Å²) in [5, 5.41) is 65.0. The predicted molar refractivity (Wildman–Crippen MR) is 142 cm³/mol. The van der Waals surface area contributed by atoms with Crippen molar-refractivity contribution < 1.29 is 40.1 Å². The molecule has 0 saturated carbocycles. The molecule has 0 aliphatic carbocycles. The van der Waals surface area contributed by atoms with E-state index >= 15 is 0 Å². The summed E-state index contributed by atoms with van der Waals surface area (Å²) in [6, 6.07) is 23.9. The molecule has 4 aromatic rings. The van der Waals surface area contributed by atoms with Gasteiger partial charge in [-0.05, 0) is 84.6 Å². The highest BCUT2D eigenvalue weighted by atomic mass is 16.8. The fourth-order valence-corrected chi connectivity index (χ4v) is 5.22. The minimum atomic E-state index is -1.94. The Morgan fingerprint density at radius 1 is 0.462 bits per heavy atom. The molecule has 202 valence electrons. The second kappa shape index (κ2) is 9.59. The number of ether oxygens (including phenoxy) is 2. The Hall–Kier alpha value is -4.08. The van der Waals surface area contributed by atoms with Crippen LogP contribution in [-0.4, -0.2) is 48.6 Å². The van der Waals surface area contributed by atoms with Crippen molar-refractivity contribution in [2.24, 2.45) is 0 Å². The Bertz CT molecular complexity index is 1230. The number of hydrogen-bond acceptors (Lipinski definition) is 8. The molecule has 8 heteroatoms. The zero-order valence-electron chi connectivity index (χ0n) is 21.4. The number of aliphatic hydroxyl groups is 2. The lowest BCUT2D eigenvalue weighted by Crippen LogP contribution is -2.54. The quantitative estimate of drug-likeness (QED) is 0.218. The van der Waals surface area contributed by atoms with Gasteiger partial charge in [-0.3, -0.25) is 0 Å². The lowest BCUT2D eigenvalue weighted by atomic mass is 9.72. The molecule has 1 fully saturated rings. The Balaban J connectivity index is 1.77. The van der Waals surface area contributed by atoms with E-state index in [4.69, 9.17) is 9.47 Å². The Labute approximate surface area is 225 Å². The number of phenolic OH excluding ortho intramolecular Hbond substituents is 4. The van der Waals surface area contributed by atoms with Gasteiger partial charge in [-0.15, -0.1) is 0 Å². The topological polar surface area (TPSA) is 140 Å². The third kappa shape index (κ3) is 4.68. The molecule has 39 heavy (non-hydrogen) atoms. The van der Waals surface area contributed by atoms with Crippen molar-refractivity contribution >= 4 is 0 Å². The number of rotatable bonds is 6. The van der Waals surface area contributed by atoms with Gasteiger partial charge in [0.25, 0.3) is 0 Å². The van der Waals surface area contributed by atoms with Crippen LogP contribution in [0.1, 0.15) is 36.1 Å². The molecule has 0 unspecified atom stereocenters. The SMILES string of the molecule is CC1(C)O[C@@H](C(O)(c2ccc(O)cc2)c2ccc(O)cc2)[C@H](C(O)(c2ccc(O)cc2)c2ccc(O)cc2)O1. The van der Waals surface area contributed by atoms with Crippen molar-refractivity contribution in [2.45, 2.75) is 43.0 Å². The van der Waals surface area contributed by atoms with Crippen molar-refractivity contribution in [1.82, 2.24) is 0 Å². The molecule has 6 N–H and O–H groups in total. The second-order valence-corrected chi connectivity index (χ2v) is 10.2. The summed E-state index contributed by atoms with van der Waals surface area (Å²) < 4.78 is 12.8. The van der Waals surface area contributed by atoms with E-state index in [1.807, 2.05) is 0 Å². The highest BCUT2D eigenvalue weighted by Gasteiger charge is 2.61. The van der Waals surface area contributed by atoms with Gasteiger partial charge in [0.05, 0.1) is 0 Å². The monoisotopic (exact) mass is 530 g/mol. The summed E-state index contributed by atoms with van der Waals surface area (Å²) >= 11 is 0. The second-order valence-electron chi connectivity index (χ2n) is 10.2. The van der Waals surface area contributed by atoms with Gasteiger partial charge in [-0.2, -0.15) is 0 Å². The third-order valence-electron chi connectivity index (χ3n) is 7.15. The molecule has 0 bridgehead atoms. The molecule has 0 spiro atoms. The molecule has 1 saturated heterocycles. The fraction of sp³-hybridized carbons (Fsp3) is 0.226. The Morgan fingerprint density at radius 2 is 0.667 bits per heavy atom. The molecule has 0 amide bonds. The zero-order valence-corrected chi connectivity index (χ0v) is 21.4. The van der Waals surface area contributed by atoms with E-state index in [9.17, 15) is 30.6 Å². The zero-order chi connectivity index (χ0) is 28.0. The number of aromatic hydroxyl groups is 4. The average Bonchev–Trinajstić information content (AvgIpc) is 3.25. The molecular formula is C31H30O8. The van der Waals surface area contributed by atoms with Gasteiger partial charge < -0.3 is 40.1 Å². The summed E-state index contributed by atoms with van der Waals surface area (Å²) in [4.78, 5) is 0. The smallest absolute Gasteiger partial charge is 0.164 e. The van der Waals surface area contributed by atoms with Crippen molar-refractivity contribution in [2.75, 3.05) is 0 Å². The van der Waals surface area contributed by atoms with Crippen molar-refractivity contribution in [1.29, 1.82) is 0 Å². The lowest BCUT2D eigenvalue weighted by Gasteiger charge is -2.42. The van der Waals surface area contributed by atoms with Crippen LogP contribution in [0, 0.1) is 0 Å². The maximum Gasteiger partial charge on any atom is 0.164 e. The lowest BCUT2D eigenvalue weighted by molar-refractivity contribution is -0.172. The van der Waals surface area contributed by atoms with Gasteiger partial charge >= 0.3 is 0 Å². The van der Waals surface area contributed by atoms with Gasteiger partial charge in [0.2, 0.25) is 0 Å². The summed E-state index contributed by atoms with van der Waals surface area (Å²) in [5.74, 6) is -1.28. The molecule has 4 aromatic carbocycles. The molecule has 1 aliphatic rings. The molecule has 1 heterocycles. The summed E-state index contributed by atoms with van der Waals surface area (Å²) in [5.41, 5.74) is -2.49. The average molecular weight is 531 g/mol. The van der Waals surface area contributed by atoms with Crippen molar-refractivity contribution in [3.05, 3.63) is 119 Å². The van der Waals surface area contributed by atoms with Crippen LogP contribution in [0.3, 0.4) is 0 Å². The van der Waals surface area contributed by atoms with Gasteiger partial charge in [0.15, 0.2) is 5.79 Å². The molecule has 8 nitrogen and oxygen atoms in total. The van der Waals surface area contributed by atoms with Crippen LogP contribution in [-0.2, 0) is 20.7 Å². The van der Waals surface area contributed by atoms with E-state index in [-0.39, 0.29) is 23.0 Å². The number of phenols is 4. The van der Waals surface area contributed by atoms with E-state index in [2.05, 4.69) is 0 Å². The molecule has 1 aliphatic heterocycles. The van der Waals surface area contributed by atoms with E-state index in [0.717, 1.165) is 0 Å². The first-order valence-corrected chi connectivity index (χ1v) is 12.4. The first-order valence-electron chi connectivity index (χ1n) is 12.4. The first kappa shape index (κ1) is 26.5. The predicted octanol–water partition coefficient (Wildman–Crippen LogP) is 4.20. The Kier molecular flexibility index (Phi) is 6.52. The van der Waals surface area contributed by atoms with E-state index < -0.39 is 29.2 Å². The van der Waals surface area contributed by atoms with Crippen LogP contribution in [0.2, 0.25) is 0 Å². The van der Waals surface area contributed by atoms with Crippen LogP contribution in [0.25, 0.3) is 0 Å². The van der Waals surface area contributed by atoms with Crippen LogP contribution in [0.5, 0.6) is 23.0 Å². The van der Waals surface area contributed by atoms with Gasteiger partial charge in [-0.1, -0.05) is 48.5 Å². The summed E-state index contributed by atoms with van der Waals surface area (Å²) in [6.07, 6.45) is -2.48. The van der Waals surface area contributed by atoms with Crippen LogP contribution in [0.4, 0.5) is 0 Å². The Morgan fingerprint density at radius 3 is 0.872 bits per heavy atom. The van der Waals surface area contributed by atoms with Crippen molar-refractivity contribution in [3.63, 3.8) is 0 Å². The third-order valence-corrected chi connectivity index (χ3v) is 7.15. The number of benzene rings is 4. The standard InChI is InChI=1S/C31H30O8/c1-29(2)38-27(30(36,19-3-11-23(32)12-4-19)20-5-13-24(33)14-6-20)28(39-29)31(37,21-7-15-25(34)16-8-21)22-9-17-26(35)18-10-22/h3-18,27-28,32-37H,1-2H3/t27-,28-/m1/s1. The maximum absolute atomic E-state index is 12.6. The van der Waals surface area contributed by atoms with Crippen molar-refractivity contribution in [3.8, 4) is 23.0 Å². The highest BCUT2D eigenvalue weighted by molar-refractivity contribution is 5.46. The summed E-state index contributed by atoms with van der Waals surface area (Å²) in [6.45, 7) is 3.34. The molecule has 0 aromatic heterocycles. The van der Waals surface area contributed by atoms with E-state index in [1.165, 1.54) is 48.5 Å². The van der Waals surface area contributed by atoms with E-state index in [1.54, 1.807) is 62.4 Å². The minimum absolute atomic E-state index is 0.00281. The van der Waals surface area contributed by atoms with Crippen LogP contribution < -0.4 is 0 Å². The summed E-state index contributed by atoms with van der Waals surface area (Å²) in [7, 11) is 0. The molecule has 5 rings (SSSR count). The van der Waals surface area contributed by atoms with E-state index in [0.29, 0.717) is 22.3 Å². The number of hydrogen-bond donors (Lipinski definition) is 6.